The van der Waals surface area contributed by atoms with E-state index < -0.39 is 16.0 Å². The molecule has 0 saturated heterocycles. The van der Waals surface area contributed by atoms with Crippen LogP contribution in [0.15, 0.2) is 34.5 Å². The highest BCUT2D eigenvalue weighted by Crippen LogP contribution is 2.27. The summed E-state index contributed by atoms with van der Waals surface area (Å²) >= 11 is 7.04. The SMILES string of the molecule is COC(=O)c1sccc1NS(=O)(=O)c1ccc(C)c(Cl)c1. The Bertz CT molecular complexity index is 783. The molecule has 0 aliphatic rings. The largest absolute Gasteiger partial charge is 0.465 e. The summed E-state index contributed by atoms with van der Waals surface area (Å²) in [6.07, 6.45) is 0. The number of hydrogen-bond acceptors (Lipinski definition) is 5. The summed E-state index contributed by atoms with van der Waals surface area (Å²) in [5, 5.41) is 1.96. The second-order valence-electron chi connectivity index (χ2n) is 4.17. The highest BCUT2D eigenvalue weighted by molar-refractivity contribution is 7.92. The van der Waals surface area contributed by atoms with E-state index in [4.69, 9.17) is 11.6 Å². The Morgan fingerprint density at radius 3 is 2.67 bits per heavy atom. The molecule has 0 saturated carbocycles. The van der Waals surface area contributed by atoms with Crippen LogP contribution in [-0.2, 0) is 14.8 Å². The van der Waals surface area contributed by atoms with E-state index in [-0.39, 0.29) is 15.5 Å². The van der Waals surface area contributed by atoms with Crippen molar-refractivity contribution in [2.24, 2.45) is 0 Å². The first-order valence-corrected chi connectivity index (χ1v) is 8.54. The maximum Gasteiger partial charge on any atom is 0.350 e. The zero-order valence-corrected chi connectivity index (χ0v) is 13.6. The Kier molecular flexibility index (Phi) is 4.55. The van der Waals surface area contributed by atoms with Gasteiger partial charge >= 0.3 is 5.97 Å². The molecule has 1 aromatic carbocycles. The zero-order valence-electron chi connectivity index (χ0n) is 11.2. The number of nitrogens with one attached hydrogen (secondary N) is 1. The molecule has 1 aromatic heterocycles. The van der Waals surface area contributed by atoms with E-state index in [0.29, 0.717) is 5.02 Å². The molecule has 0 fully saturated rings. The van der Waals surface area contributed by atoms with Crippen LogP contribution in [0.25, 0.3) is 0 Å². The van der Waals surface area contributed by atoms with Crippen LogP contribution in [0.1, 0.15) is 15.2 Å². The third kappa shape index (κ3) is 3.37. The number of halogens is 1. The summed E-state index contributed by atoms with van der Waals surface area (Å²) in [6, 6.07) is 5.94. The van der Waals surface area contributed by atoms with Crippen molar-refractivity contribution in [3.63, 3.8) is 0 Å². The van der Waals surface area contributed by atoms with Crippen LogP contribution in [0, 0.1) is 6.92 Å². The van der Waals surface area contributed by atoms with Gasteiger partial charge in [-0.3, -0.25) is 4.72 Å². The minimum atomic E-state index is -3.82. The lowest BCUT2D eigenvalue weighted by Crippen LogP contribution is -2.14. The van der Waals surface area contributed by atoms with Gasteiger partial charge in [-0.1, -0.05) is 17.7 Å². The lowest BCUT2D eigenvalue weighted by Gasteiger charge is -2.09. The summed E-state index contributed by atoms with van der Waals surface area (Å²) in [6.45, 7) is 1.78. The fourth-order valence-corrected chi connectivity index (χ4v) is 3.76. The van der Waals surface area contributed by atoms with E-state index >= 15 is 0 Å². The van der Waals surface area contributed by atoms with Gasteiger partial charge in [0.1, 0.15) is 4.88 Å². The number of thiophene rings is 1. The highest BCUT2D eigenvalue weighted by Gasteiger charge is 2.20. The maximum absolute atomic E-state index is 12.3. The first-order chi connectivity index (χ1) is 9.85. The molecule has 112 valence electrons. The van der Waals surface area contributed by atoms with E-state index in [1.165, 1.54) is 25.3 Å². The van der Waals surface area contributed by atoms with Gasteiger partial charge in [0.2, 0.25) is 0 Å². The van der Waals surface area contributed by atoms with Gasteiger partial charge in [0, 0.05) is 5.02 Å². The molecule has 0 bridgehead atoms. The zero-order chi connectivity index (χ0) is 15.6. The number of benzene rings is 1. The summed E-state index contributed by atoms with van der Waals surface area (Å²) in [7, 11) is -2.59. The minimum absolute atomic E-state index is 0.0279. The molecule has 0 unspecified atom stereocenters. The van der Waals surface area contributed by atoms with E-state index in [2.05, 4.69) is 9.46 Å². The molecule has 0 amide bonds. The fraction of sp³-hybridized carbons (Fsp3) is 0.154. The molecule has 8 heteroatoms. The summed E-state index contributed by atoms with van der Waals surface area (Å²) in [5.41, 5.74) is 0.963. The van der Waals surface area contributed by atoms with Crippen molar-refractivity contribution in [2.45, 2.75) is 11.8 Å². The van der Waals surface area contributed by atoms with E-state index in [0.717, 1.165) is 16.9 Å². The van der Waals surface area contributed by atoms with Crippen LogP contribution in [0.5, 0.6) is 0 Å². The molecule has 0 radical (unpaired) electrons. The molecule has 2 rings (SSSR count). The molecule has 0 aliphatic heterocycles. The highest BCUT2D eigenvalue weighted by atomic mass is 35.5. The summed E-state index contributed by atoms with van der Waals surface area (Å²) in [5.74, 6) is -0.593. The van der Waals surface area contributed by atoms with Crippen LogP contribution in [0.3, 0.4) is 0 Å². The molecule has 21 heavy (non-hydrogen) atoms. The quantitative estimate of drug-likeness (QED) is 0.863. The van der Waals surface area contributed by atoms with Gasteiger partial charge in [0.15, 0.2) is 0 Å². The van der Waals surface area contributed by atoms with Crippen LogP contribution in [0.4, 0.5) is 5.69 Å². The number of aryl methyl sites for hydroxylation is 1. The molecule has 2 aromatic rings. The van der Waals surface area contributed by atoms with Crippen LogP contribution < -0.4 is 4.72 Å². The molecule has 0 aliphatic carbocycles. The van der Waals surface area contributed by atoms with Gasteiger partial charge < -0.3 is 4.74 Å². The number of anilines is 1. The molecule has 1 heterocycles. The lowest BCUT2D eigenvalue weighted by atomic mass is 10.2. The average molecular weight is 346 g/mol. The number of esters is 1. The molecule has 5 nitrogen and oxygen atoms in total. The van der Waals surface area contributed by atoms with Gasteiger partial charge in [-0.25, -0.2) is 13.2 Å². The standard InChI is InChI=1S/C13H12ClNO4S2/c1-8-3-4-9(7-10(8)14)21(17,18)15-11-5-6-20-12(11)13(16)19-2/h3-7,15H,1-2H3. The third-order valence-corrected chi connectivity index (χ3v) is 5.40. The predicted octanol–water partition coefficient (Wildman–Crippen LogP) is 3.30. The molecule has 0 spiro atoms. The molecule has 0 atom stereocenters. The summed E-state index contributed by atoms with van der Waals surface area (Å²) in [4.78, 5) is 11.8. The van der Waals surface area contributed by atoms with Crippen molar-refractivity contribution < 1.29 is 17.9 Å². The van der Waals surface area contributed by atoms with Gasteiger partial charge in [-0.15, -0.1) is 11.3 Å². The lowest BCUT2D eigenvalue weighted by molar-refractivity contribution is 0.0607. The Balaban J connectivity index is 2.36. The van der Waals surface area contributed by atoms with Gasteiger partial charge in [0.05, 0.1) is 17.7 Å². The fourth-order valence-electron chi connectivity index (χ4n) is 1.58. The van der Waals surface area contributed by atoms with Crippen LogP contribution >= 0.6 is 22.9 Å². The Morgan fingerprint density at radius 2 is 2.05 bits per heavy atom. The predicted molar refractivity (Wildman–Crippen MR) is 82.7 cm³/mol. The number of rotatable bonds is 4. The van der Waals surface area contributed by atoms with Gasteiger partial charge in [-0.05, 0) is 36.1 Å². The number of ether oxygens (including phenoxy) is 1. The minimum Gasteiger partial charge on any atom is -0.465 e. The monoisotopic (exact) mass is 345 g/mol. The van der Waals surface area contributed by atoms with E-state index in [1.807, 2.05) is 0 Å². The molecular formula is C13H12ClNO4S2. The topological polar surface area (TPSA) is 72.5 Å². The number of sulfonamides is 1. The van der Waals surface area contributed by atoms with Crippen molar-refractivity contribution in [1.82, 2.24) is 0 Å². The van der Waals surface area contributed by atoms with E-state index in [1.54, 1.807) is 18.4 Å². The third-order valence-electron chi connectivity index (χ3n) is 2.73. The molecule has 1 N–H and O–H groups in total. The van der Waals surface area contributed by atoms with Crippen molar-refractivity contribution in [3.05, 3.63) is 45.1 Å². The first kappa shape index (κ1) is 15.8. The summed E-state index contributed by atoms with van der Waals surface area (Å²) < 4.78 is 31.6. The number of carbonyl (C=O) groups excluding carboxylic acids is 1. The van der Waals surface area contributed by atoms with E-state index in [9.17, 15) is 13.2 Å². The Hall–Kier alpha value is -1.57. The van der Waals surface area contributed by atoms with Crippen molar-refractivity contribution in [2.75, 3.05) is 11.8 Å². The van der Waals surface area contributed by atoms with Crippen LogP contribution in [-0.4, -0.2) is 21.5 Å². The van der Waals surface area contributed by atoms with Crippen LogP contribution in [0.2, 0.25) is 5.02 Å². The average Bonchev–Trinajstić information content (AvgIpc) is 2.88. The number of carbonyl (C=O) groups is 1. The normalized spacial score (nSPS) is 11.2. The van der Waals surface area contributed by atoms with Gasteiger partial charge in [-0.2, -0.15) is 0 Å². The van der Waals surface area contributed by atoms with Crippen molar-refractivity contribution in [1.29, 1.82) is 0 Å². The second-order valence-corrected chi connectivity index (χ2v) is 7.18. The Morgan fingerprint density at radius 1 is 1.33 bits per heavy atom. The molecular weight excluding hydrogens is 334 g/mol. The van der Waals surface area contributed by atoms with Crippen molar-refractivity contribution >= 4 is 44.6 Å². The number of hydrogen-bond donors (Lipinski definition) is 1. The first-order valence-electron chi connectivity index (χ1n) is 5.80. The maximum atomic E-state index is 12.3. The van der Waals surface area contributed by atoms with Gasteiger partial charge in [0.25, 0.3) is 10.0 Å². The van der Waals surface area contributed by atoms with Crippen molar-refractivity contribution in [3.8, 4) is 0 Å². The number of methoxy groups -OCH3 is 1. The Labute approximate surface area is 131 Å². The smallest absolute Gasteiger partial charge is 0.350 e. The second kappa shape index (κ2) is 6.05.